The van der Waals surface area contributed by atoms with Crippen LogP contribution in [-0.2, 0) is 22.2 Å². The van der Waals surface area contributed by atoms with Gasteiger partial charge >= 0.3 is 0 Å². The van der Waals surface area contributed by atoms with Gasteiger partial charge in [-0.1, -0.05) is 31.0 Å². The average molecular weight is 303 g/mol. The van der Waals surface area contributed by atoms with Gasteiger partial charge in [0.1, 0.15) is 6.04 Å². The predicted molar refractivity (Wildman–Crippen MR) is 68.9 cm³/mol. The number of unbranched alkanes of at least 4 members (excludes halogenated alkanes) is 1. The maximum absolute atomic E-state index is 11.1. The van der Waals surface area contributed by atoms with Crippen LogP contribution >= 0.6 is 0 Å². The molecule has 0 heterocycles. The summed E-state index contributed by atoms with van der Waals surface area (Å²) in [4.78, 5) is 10.5. The molecule has 0 aliphatic heterocycles. The summed E-state index contributed by atoms with van der Waals surface area (Å²) in [6.45, 7) is 1.94. The molecule has 0 fully saturated rings. The third-order valence-corrected chi connectivity index (χ3v) is 4.03. The van der Waals surface area contributed by atoms with Gasteiger partial charge in [0, 0.05) is 9.79 Å². The fourth-order valence-corrected chi connectivity index (χ4v) is 2.79. The maximum Gasteiger partial charge on any atom is 0.118 e. The first kappa shape index (κ1) is 16.1. The molecule has 0 aromatic heterocycles. The van der Waals surface area contributed by atoms with Crippen LogP contribution in [0.3, 0.4) is 0 Å². The van der Waals surface area contributed by atoms with Gasteiger partial charge < -0.3 is 9.11 Å². The van der Waals surface area contributed by atoms with Crippen molar-refractivity contribution in [3.8, 4) is 0 Å². The molecule has 1 aromatic rings. The van der Waals surface area contributed by atoms with E-state index in [1.54, 1.807) is 0 Å². The van der Waals surface area contributed by atoms with Gasteiger partial charge in [0.25, 0.3) is 0 Å². The van der Waals surface area contributed by atoms with Crippen LogP contribution in [0.25, 0.3) is 0 Å². The Morgan fingerprint density at radius 3 is 2.42 bits per heavy atom. The van der Waals surface area contributed by atoms with E-state index in [1.165, 1.54) is 12.1 Å². The van der Waals surface area contributed by atoms with Crippen LogP contribution in [0.5, 0.6) is 0 Å². The largest absolute Gasteiger partial charge is 0.768 e. The summed E-state index contributed by atoms with van der Waals surface area (Å²) in [7, 11) is 0. The summed E-state index contributed by atoms with van der Waals surface area (Å²) < 4.78 is 43.9. The van der Waals surface area contributed by atoms with Gasteiger partial charge in [-0.05, 0) is 46.3 Å². The highest BCUT2D eigenvalue weighted by molar-refractivity contribution is 7.80. The first-order valence-electron chi connectivity index (χ1n) is 5.66. The Balaban J connectivity index is 3.21. The van der Waals surface area contributed by atoms with E-state index in [2.05, 4.69) is 5.18 Å². The Bertz CT molecular complexity index is 506. The molecule has 3 atom stereocenters. The molecule has 0 spiro atoms. The minimum Gasteiger partial charge on any atom is -0.768 e. The predicted octanol–water partition coefficient (Wildman–Crippen LogP) is 2.16. The highest BCUT2D eigenvalue weighted by Gasteiger charge is 2.16. The van der Waals surface area contributed by atoms with E-state index in [-0.39, 0.29) is 15.4 Å². The van der Waals surface area contributed by atoms with Crippen LogP contribution in [0.15, 0.2) is 33.2 Å². The van der Waals surface area contributed by atoms with E-state index in [0.717, 1.165) is 18.9 Å². The highest BCUT2D eigenvalue weighted by Crippen LogP contribution is 2.29. The number of nitroso groups, excluding NO2 is 1. The lowest BCUT2D eigenvalue weighted by Gasteiger charge is -2.17. The van der Waals surface area contributed by atoms with Gasteiger partial charge in [-0.25, -0.2) is 0 Å². The van der Waals surface area contributed by atoms with Gasteiger partial charge in [-0.15, -0.1) is 0 Å². The van der Waals surface area contributed by atoms with E-state index >= 15 is 0 Å². The van der Waals surface area contributed by atoms with Gasteiger partial charge in [-0.2, -0.15) is 4.91 Å². The zero-order valence-corrected chi connectivity index (χ0v) is 11.9. The molecule has 0 radical (unpaired) electrons. The van der Waals surface area contributed by atoms with E-state index in [0.29, 0.717) is 6.42 Å². The Morgan fingerprint density at radius 2 is 1.95 bits per heavy atom. The zero-order chi connectivity index (χ0) is 14.4. The Kier molecular flexibility index (Phi) is 6.43. The summed E-state index contributed by atoms with van der Waals surface area (Å²) in [5.74, 6) is 0. The fourth-order valence-electron chi connectivity index (χ4n) is 1.70. The Hall–Kier alpha value is -0.960. The fraction of sp³-hybridized carbons (Fsp3) is 0.455. The molecule has 0 aliphatic rings. The summed E-state index contributed by atoms with van der Waals surface area (Å²) in [5.41, 5.74) is 0.242. The molecule has 1 rings (SSSR count). The molecule has 8 heteroatoms. The van der Waals surface area contributed by atoms with Crippen LogP contribution in [0.4, 0.5) is 0 Å². The van der Waals surface area contributed by atoms with Crippen LogP contribution in [0, 0.1) is 4.91 Å². The minimum atomic E-state index is -2.62. The van der Waals surface area contributed by atoms with Crippen molar-refractivity contribution in [2.75, 3.05) is 0 Å². The van der Waals surface area contributed by atoms with Crippen molar-refractivity contribution in [3.05, 3.63) is 28.7 Å². The first-order valence-corrected chi connectivity index (χ1v) is 7.81. The van der Waals surface area contributed by atoms with E-state index in [9.17, 15) is 22.4 Å². The van der Waals surface area contributed by atoms with Crippen molar-refractivity contribution in [1.29, 1.82) is 0 Å². The van der Waals surface area contributed by atoms with E-state index in [4.69, 9.17) is 0 Å². The number of rotatable bonds is 7. The molecule has 0 amide bonds. The first-order chi connectivity index (χ1) is 9.01. The van der Waals surface area contributed by atoms with Crippen LogP contribution < -0.4 is 0 Å². The molecule has 0 aliphatic carbocycles. The number of hydrogen-bond acceptors (Lipinski definition) is 6. The van der Waals surface area contributed by atoms with Crippen molar-refractivity contribution in [3.63, 3.8) is 0 Å². The smallest absolute Gasteiger partial charge is 0.118 e. The van der Waals surface area contributed by atoms with Crippen molar-refractivity contribution < 1.29 is 17.5 Å². The Labute approximate surface area is 116 Å². The summed E-state index contributed by atoms with van der Waals surface area (Å²) >= 11 is -5.13. The lowest BCUT2D eigenvalue weighted by atomic mass is 10.0. The molecule has 6 nitrogen and oxygen atoms in total. The highest BCUT2D eigenvalue weighted by atomic mass is 32.2. The van der Waals surface area contributed by atoms with Crippen molar-refractivity contribution in [1.82, 2.24) is 0 Å². The topological polar surface area (TPSA) is 110 Å². The number of hydrogen-bond donors (Lipinski definition) is 0. The molecule has 19 heavy (non-hydrogen) atoms. The summed E-state index contributed by atoms with van der Waals surface area (Å²) in [6.07, 6.45) is 2.02. The summed E-state index contributed by atoms with van der Waals surface area (Å²) in [6, 6.07) is 2.85. The summed E-state index contributed by atoms with van der Waals surface area (Å²) in [5, 5.41) is 2.94. The number of nitrogens with zero attached hydrogens (tertiary/aromatic N) is 1. The molecule has 0 saturated carbocycles. The third kappa shape index (κ3) is 4.27. The van der Waals surface area contributed by atoms with Crippen molar-refractivity contribution in [2.45, 2.75) is 42.0 Å². The van der Waals surface area contributed by atoms with Gasteiger partial charge in [0.15, 0.2) is 0 Å². The molecule has 0 N–H and O–H groups in total. The quantitative estimate of drug-likeness (QED) is 0.566. The Morgan fingerprint density at radius 1 is 1.26 bits per heavy atom. The molecule has 106 valence electrons. The molecule has 0 saturated heterocycles. The van der Waals surface area contributed by atoms with Crippen LogP contribution in [0.2, 0.25) is 0 Å². The van der Waals surface area contributed by atoms with Crippen molar-refractivity contribution >= 4 is 22.2 Å². The SMILES string of the molecule is CCCCC(N=O)c1ccc(S(=O)[O-])cc1S(=O)[O-]. The number of benzene rings is 1. The third-order valence-electron chi connectivity index (χ3n) is 2.67. The van der Waals surface area contributed by atoms with Gasteiger partial charge in [-0.3, -0.25) is 8.42 Å². The van der Waals surface area contributed by atoms with Crippen LogP contribution in [-0.4, -0.2) is 17.5 Å². The second-order valence-corrected chi connectivity index (χ2v) is 5.78. The van der Waals surface area contributed by atoms with E-state index in [1.807, 2.05) is 6.92 Å². The lowest BCUT2D eigenvalue weighted by molar-refractivity contribution is 0.529. The van der Waals surface area contributed by atoms with Crippen molar-refractivity contribution in [2.24, 2.45) is 5.18 Å². The van der Waals surface area contributed by atoms with Crippen LogP contribution in [0.1, 0.15) is 37.8 Å². The normalized spacial score (nSPS) is 15.7. The average Bonchev–Trinajstić information content (AvgIpc) is 2.39. The lowest BCUT2D eigenvalue weighted by Crippen LogP contribution is -2.04. The molecule has 1 aromatic carbocycles. The van der Waals surface area contributed by atoms with Gasteiger partial charge in [0.05, 0.1) is 0 Å². The molecule has 3 unspecified atom stereocenters. The molecular weight excluding hydrogens is 290 g/mol. The molecule has 0 bridgehead atoms. The van der Waals surface area contributed by atoms with E-state index < -0.39 is 28.2 Å². The zero-order valence-electron chi connectivity index (χ0n) is 10.2. The monoisotopic (exact) mass is 303 g/mol. The van der Waals surface area contributed by atoms with Gasteiger partial charge in [0.2, 0.25) is 0 Å². The second-order valence-electron chi connectivity index (χ2n) is 3.93. The maximum atomic E-state index is 11.1. The molecular formula is C11H13NO5S2-2. The standard InChI is InChI=1S/C11H15NO5S2/c1-2-3-4-10(12-13)9-6-5-8(18(14)15)7-11(9)19(16)17/h5-7,10H,2-4H2,1H3,(H,14,15)(H,16,17)/p-2. The minimum absolute atomic E-state index is 0.136. The second kappa shape index (κ2) is 7.59.